The molecular weight excluding hydrogens is 210 g/mol. The maximum atomic E-state index is 5.80. The monoisotopic (exact) mass is 235 g/mol. The topological polar surface area (TPSA) is 21.3 Å². The molecule has 0 heterocycles. The largest absolute Gasteiger partial charge is 0.491 e. The molecule has 0 aliphatic heterocycles. The average Bonchev–Trinajstić information content (AvgIpc) is 2.27. The zero-order valence-corrected chi connectivity index (χ0v) is 11.5. The summed E-state index contributed by atoms with van der Waals surface area (Å²) in [5.41, 5.74) is 1.24. The molecule has 1 unspecified atom stereocenters. The Labute approximate surface area is 105 Å². The highest BCUT2D eigenvalue weighted by Gasteiger charge is 2.06. The molecule has 2 heteroatoms. The van der Waals surface area contributed by atoms with Gasteiger partial charge in [-0.25, -0.2) is 0 Å². The first-order valence-corrected chi connectivity index (χ1v) is 6.61. The second-order valence-electron chi connectivity index (χ2n) is 4.84. The minimum absolute atomic E-state index is 0.226. The third-order valence-electron chi connectivity index (χ3n) is 2.70. The Hall–Kier alpha value is -1.02. The van der Waals surface area contributed by atoms with Gasteiger partial charge in [0.2, 0.25) is 0 Å². The first-order valence-electron chi connectivity index (χ1n) is 6.61. The van der Waals surface area contributed by atoms with Crippen molar-refractivity contribution in [1.29, 1.82) is 0 Å². The second kappa shape index (κ2) is 7.33. The van der Waals surface area contributed by atoms with Crippen LogP contribution >= 0.6 is 0 Å². The lowest BCUT2D eigenvalue weighted by atomic mass is 10.1. The van der Waals surface area contributed by atoms with Crippen molar-refractivity contribution in [2.24, 2.45) is 0 Å². The molecule has 0 radical (unpaired) electrons. The van der Waals surface area contributed by atoms with E-state index in [9.17, 15) is 0 Å². The number of nitrogens with one attached hydrogen (secondary N) is 1. The fourth-order valence-corrected chi connectivity index (χ4v) is 1.84. The molecule has 1 rings (SSSR count). The summed E-state index contributed by atoms with van der Waals surface area (Å²) in [6.45, 7) is 9.45. The molecule has 0 amide bonds. The van der Waals surface area contributed by atoms with Crippen LogP contribution in [0.2, 0.25) is 0 Å². The van der Waals surface area contributed by atoms with E-state index < -0.39 is 0 Å². The molecule has 0 bridgehead atoms. The summed E-state index contributed by atoms with van der Waals surface area (Å²) in [6, 6.07) is 8.82. The van der Waals surface area contributed by atoms with Crippen LogP contribution in [0.1, 0.15) is 46.1 Å². The van der Waals surface area contributed by atoms with Crippen LogP contribution in [0.3, 0.4) is 0 Å². The van der Waals surface area contributed by atoms with Crippen LogP contribution in [0.4, 0.5) is 0 Å². The van der Waals surface area contributed by atoms with Gasteiger partial charge in [0.15, 0.2) is 0 Å². The van der Waals surface area contributed by atoms with Crippen LogP contribution in [-0.2, 0) is 6.54 Å². The highest BCUT2D eigenvalue weighted by Crippen LogP contribution is 2.19. The second-order valence-corrected chi connectivity index (χ2v) is 4.84. The van der Waals surface area contributed by atoms with Gasteiger partial charge < -0.3 is 10.1 Å². The Bertz CT molecular complexity index is 322. The summed E-state index contributed by atoms with van der Waals surface area (Å²) in [5.74, 6) is 0.999. The maximum Gasteiger partial charge on any atom is 0.124 e. The van der Waals surface area contributed by atoms with Gasteiger partial charge in [0.1, 0.15) is 5.75 Å². The van der Waals surface area contributed by atoms with Crippen LogP contribution in [-0.4, -0.2) is 12.1 Å². The molecule has 2 nitrogen and oxygen atoms in total. The molecule has 0 saturated heterocycles. The minimum Gasteiger partial charge on any atom is -0.491 e. The van der Waals surface area contributed by atoms with Crippen molar-refractivity contribution >= 4 is 0 Å². The van der Waals surface area contributed by atoms with E-state index in [0.29, 0.717) is 6.04 Å². The minimum atomic E-state index is 0.226. The predicted octanol–water partition coefficient (Wildman–Crippen LogP) is 3.75. The molecule has 0 fully saturated rings. The number of hydrogen-bond donors (Lipinski definition) is 1. The van der Waals surface area contributed by atoms with E-state index >= 15 is 0 Å². The summed E-state index contributed by atoms with van der Waals surface area (Å²) in [5, 5.41) is 3.53. The molecule has 0 aliphatic carbocycles. The zero-order valence-electron chi connectivity index (χ0n) is 11.5. The van der Waals surface area contributed by atoms with Gasteiger partial charge in [-0.2, -0.15) is 0 Å². The van der Waals surface area contributed by atoms with Gasteiger partial charge >= 0.3 is 0 Å². The molecule has 17 heavy (non-hydrogen) atoms. The van der Waals surface area contributed by atoms with Crippen LogP contribution < -0.4 is 10.1 Å². The first kappa shape index (κ1) is 14.0. The number of benzene rings is 1. The molecule has 1 atom stereocenters. The summed E-state index contributed by atoms with van der Waals surface area (Å²) in [4.78, 5) is 0. The Morgan fingerprint density at radius 1 is 1.18 bits per heavy atom. The van der Waals surface area contributed by atoms with Crippen molar-refractivity contribution in [3.8, 4) is 5.75 Å². The predicted molar refractivity (Wildman–Crippen MR) is 73.4 cm³/mol. The SMILES string of the molecule is CCCC(C)NCc1ccccc1OC(C)C. The van der Waals surface area contributed by atoms with E-state index in [2.05, 4.69) is 45.1 Å². The van der Waals surface area contributed by atoms with Crippen molar-refractivity contribution < 1.29 is 4.74 Å². The molecule has 0 saturated carbocycles. The Morgan fingerprint density at radius 2 is 1.88 bits per heavy atom. The summed E-state index contributed by atoms with van der Waals surface area (Å²) in [6.07, 6.45) is 2.66. The lowest BCUT2D eigenvalue weighted by Crippen LogP contribution is -2.25. The summed E-state index contributed by atoms with van der Waals surface area (Å²) in [7, 11) is 0. The lowest BCUT2D eigenvalue weighted by Gasteiger charge is -2.17. The van der Waals surface area contributed by atoms with E-state index in [0.717, 1.165) is 12.3 Å². The number of rotatable bonds is 7. The van der Waals surface area contributed by atoms with Crippen molar-refractivity contribution in [3.05, 3.63) is 29.8 Å². The van der Waals surface area contributed by atoms with E-state index in [1.165, 1.54) is 18.4 Å². The smallest absolute Gasteiger partial charge is 0.124 e. The van der Waals surface area contributed by atoms with Gasteiger partial charge in [-0.1, -0.05) is 31.5 Å². The Kier molecular flexibility index (Phi) is 6.06. The summed E-state index contributed by atoms with van der Waals surface area (Å²) < 4.78 is 5.80. The molecule has 1 aromatic carbocycles. The van der Waals surface area contributed by atoms with Gasteiger partial charge in [-0.05, 0) is 33.3 Å². The normalized spacial score (nSPS) is 12.8. The molecule has 0 spiro atoms. The van der Waals surface area contributed by atoms with Crippen LogP contribution in [0.5, 0.6) is 5.75 Å². The molecule has 1 aromatic rings. The third kappa shape index (κ3) is 5.22. The van der Waals surface area contributed by atoms with E-state index in [4.69, 9.17) is 4.74 Å². The van der Waals surface area contributed by atoms with Crippen molar-refractivity contribution in [2.75, 3.05) is 0 Å². The summed E-state index contributed by atoms with van der Waals surface area (Å²) >= 11 is 0. The molecular formula is C15H25NO. The first-order chi connectivity index (χ1) is 8.13. The highest BCUT2D eigenvalue weighted by atomic mass is 16.5. The number of hydrogen-bond acceptors (Lipinski definition) is 2. The average molecular weight is 235 g/mol. The van der Waals surface area contributed by atoms with Crippen molar-refractivity contribution in [1.82, 2.24) is 5.32 Å². The number of para-hydroxylation sites is 1. The van der Waals surface area contributed by atoms with Gasteiger partial charge in [0, 0.05) is 18.2 Å². The molecule has 0 aliphatic rings. The number of ether oxygens (including phenoxy) is 1. The zero-order chi connectivity index (χ0) is 12.7. The van der Waals surface area contributed by atoms with Gasteiger partial charge in [-0.15, -0.1) is 0 Å². The van der Waals surface area contributed by atoms with E-state index in [1.807, 2.05) is 12.1 Å². The molecule has 1 N–H and O–H groups in total. The van der Waals surface area contributed by atoms with Gasteiger partial charge in [0.05, 0.1) is 6.10 Å². The fraction of sp³-hybridized carbons (Fsp3) is 0.600. The molecule has 96 valence electrons. The van der Waals surface area contributed by atoms with E-state index in [1.54, 1.807) is 0 Å². The van der Waals surface area contributed by atoms with Gasteiger partial charge in [0.25, 0.3) is 0 Å². The standard InChI is InChI=1S/C15H25NO/c1-5-8-13(4)16-11-14-9-6-7-10-15(14)17-12(2)3/h6-7,9-10,12-13,16H,5,8,11H2,1-4H3. The van der Waals surface area contributed by atoms with Crippen molar-refractivity contribution in [3.63, 3.8) is 0 Å². The lowest BCUT2D eigenvalue weighted by molar-refractivity contribution is 0.239. The highest BCUT2D eigenvalue weighted by molar-refractivity contribution is 5.33. The maximum absolute atomic E-state index is 5.80. The van der Waals surface area contributed by atoms with Crippen molar-refractivity contribution in [2.45, 2.75) is 59.2 Å². The Morgan fingerprint density at radius 3 is 2.53 bits per heavy atom. The Balaban J connectivity index is 2.57. The van der Waals surface area contributed by atoms with Gasteiger partial charge in [-0.3, -0.25) is 0 Å². The molecule has 0 aromatic heterocycles. The fourth-order valence-electron chi connectivity index (χ4n) is 1.84. The van der Waals surface area contributed by atoms with Crippen LogP contribution in [0.15, 0.2) is 24.3 Å². The third-order valence-corrected chi connectivity index (χ3v) is 2.70. The van der Waals surface area contributed by atoms with Crippen LogP contribution in [0.25, 0.3) is 0 Å². The quantitative estimate of drug-likeness (QED) is 0.777. The van der Waals surface area contributed by atoms with E-state index in [-0.39, 0.29) is 6.10 Å². The van der Waals surface area contributed by atoms with Crippen LogP contribution in [0, 0.1) is 0 Å².